The van der Waals surface area contributed by atoms with Crippen LogP contribution in [0.3, 0.4) is 0 Å². The van der Waals surface area contributed by atoms with Crippen LogP contribution in [0.4, 0.5) is 4.79 Å². The summed E-state index contributed by atoms with van der Waals surface area (Å²) in [6.45, 7) is 7.70. The van der Waals surface area contributed by atoms with Crippen molar-refractivity contribution in [2.75, 3.05) is 6.54 Å². The quantitative estimate of drug-likeness (QED) is 0.652. The van der Waals surface area contributed by atoms with E-state index in [-0.39, 0.29) is 24.4 Å². The molecule has 0 aliphatic carbocycles. The van der Waals surface area contributed by atoms with Gasteiger partial charge in [-0.1, -0.05) is 57.9 Å². The number of carbonyl (C=O) groups is 3. The molecule has 2 N–H and O–H groups in total. The fraction of sp³-hybridized carbons (Fsp3) is 0.571. The summed E-state index contributed by atoms with van der Waals surface area (Å²) in [5.74, 6) is -0.624. The van der Waals surface area contributed by atoms with E-state index in [0.29, 0.717) is 12.8 Å². The Morgan fingerprint density at radius 2 is 1.70 bits per heavy atom. The number of rotatable bonds is 9. The largest absolute Gasteiger partial charge is 0.348 e. The third-order valence-corrected chi connectivity index (χ3v) is 5.17. The Morgan fingerprint density at radius 3 is 2.22 bits per heavy atom. The number of aryl methyl sites for hydroxylation is 1. The SMILES string of the molecule is CCCC1(CCC)NC(=O)N(CC(=O)NC(C)c2ccc(CC)cc2)C1=O. The maximum atomic E-state index is 12.8. The summed E-state index contributed by atoms with van der Waals surface area (Å²) in [4.78, 5) is 38.7. The van der Waals surface area contributed by atoms with Crippen LogP contribution in [0.25, 0.3) is 0 Å². The Bertz CT molecular complexity index is 678. The number of hydrogen-bond acceptors (Lipinski definition) is 3. The van der Waals surface area contributed by atoms with Crippen LogP contribution in [0, 0.1) is 0 Å². The van der Waals surface area contributed by atoms with Crippen molar-refractivity contribution in [2.24, 2.45) is 0 Å². The summed E-state index contributed by atoms with van der Waals surface area (Å²) in [5, 5.41) is 5.71. The van der Waals surface area contributed by atoms with Gasteiger partial charge in [0.1, 0.15) is 12.1 Å². The molecular weight excluding hydrogens is 342 g/mol. The number of carbonyl (C=O) groups excluding carboxylic acids is 3. The maximum absolute atomic E-state index is 12.8. The topological polar surface area (TPSA) is 78.5 Å². The summed E-state index contributed by atoms with van der Waals surface area (Å²) in [6, 6.07) is 7.39. The molecule has 27 heavy (non-hydrogen) atoms. The molecule has 6 nitrogen and oxygen atoms in total. The predicted octanol–water partition coefficient (Wildman–Crippen LogP) is 3.32. The minimum atomic E-state index is -0.859. The van der Waals surface area contributed by atoms with Crippen molar-refractivity contribution in [3.05, 3.63) is 35.4 Å². The van der Waals surface area contributed by atoms with Gasteiger partial charge in [-0.15, -0.1) is 0 Å². The van der Waals surface area contributed by atoms with Gasteiger partial charge >= 0.3 is 6.03 Å². The maximum Gasteiger partial charge on any atom is 0.325 e. The normalized spacial score (nSPS) is 17.0. The number of amides is 4. The molecule has 1 saturated heterocycles. The zero-order chi connectivity index (χ0) is 20.0. The lowest BCUT2D eigenvalue weighted by atomic mass is 9.88. The number of urea groups is 1. The average molecular weight is 373 g/mol. The van der Waals surface area contributed by atoms with E-state index < -0.39 is 11.6 Å². The summed E-state index contributed by atoms with van der Waals surface area (Å²) in [6.07, 6.45) is 3.71. The first-order chi connectivity index (χ1) is 12.9. The van der Waals surface area contributed by atoms with Gasteiger partial charge in [-0.25, -0.2) is 4.79 Å². The molecular formula is C21H31N3O3. The van der Waals surface area contributed by atoms with E-state index in [2.05, 4.69) is 17.6 Å². The lowest BCUT2D eigenvalue weighted by molar-refractivity contribution is -0.135. The van der Waals surface area contributed by atoms with Crippen LogP contribution in [0.15, 0.2) is 24.3 Å². The summed E-state index contributed by atoms with van der Waals surface area (Å²) >= 11 is 0. The first-order valence-corrected chi connectivity index (χ1v) is 9.89. The predicted molar refractivity (Wildman–Crippen MR) is 105 cm³/mol. The zero-order valence-corrected chi connectivity index (χ0v) is 16.8. The summed E-state index contributed by atoms with van der Waals surface area (Å²) in [7, 11) is 0. The molecule has 1 aromatic rings. The number of imide groups is 1. The molecule has 2 rings (SSSR count). The van der Waals surface area contributed by atoms with E-state index in [1.807, 2.05) is 45.0 Å². The highest BCUT2D eigenvalue weighted by molar-refractivity contribution is 6.09. The smallest absolute Gasteiger partial charge is 0.325 e. The van der Waals surface area contributed by atoms with Gasteiger partial charge in [0.15, 0.2) is 0 Å². The van der Waals surface area contributed by atoms with Crippen molar-refractivity contribution in [3.63, 3.8) is 0 Å². The molecule has 1 fully saturated rings. The van der Waals surface area contributed by atoms with E-state index in [1.165, 1.54) is 5.56 Å². The Morgan fingerprint density at radius 1 is 1.11 bits per heavy atom. The van der Waals surface area contributed by atoms with Gasteiger partial charge in [0, 0.05) is 0 Å². The third-order valence-electron chi connectivity index (χ3n) is 5.17. The second-order valence-electron chi connectivity index (χ2n) is 7.29. The van der Waals surface area contributed by atoms with E-state index in [1.54, 1.807) is 0 Å². The van der Waals surface area contributed by atoms with Crippen LogP contribution in [0.5, 0.6) is 0 Å². The van der Waals surface area contributed by atoms with Crippen LogP contribution in [0.2, 0.25) is 0 Å². The van der Waals surface area contributed by atoms with Crippen molar-refractivity contribution < 1.29 is 14.4 Å². The first kappa shape index (κ1) is 20.9. The highest BCUT2D eigenvalue weighted by atomic mass is 16.2. The van der Waals surface area contributed by atoms with Crippen molar-refractivity contribution in [1.29, 1.82) is 0 Å². The van der Waals surface area contributed by atoms with E-state index in [9.17, 15) is 14.4 Å². The number of hydrogen-bond donors (Lipinski definition) is 2. The molecule has 1 unspecified atom stereocenters. The zero-order valence-electron chi connectivity index (χ0n) is 16.8. The molecule has 0 aromatic heterocycles. The monoisotopic (exact) mass is 373 g/mol. The van der Waals surface area contributed by atoms with Crippen molar-refractivity contribution >= 4 is 17.8 Å². The average Bonchev–Trinajstić information content (AvgIpc) is 2.86. The lowest BCUT2D eigenvalue weighted by Crippen LogP contribution is -2.47. The second kappa shape index (κ2) is 9.02. The van der Waals surface area contributed by atoms with Crippen LogP contribution < -0.4 is 10.6 Å². The van der Waals surface area contributed by atoms with Gasteiger partial charge in [0.25, 0.3) is 5.91 Å². The van der Waals surface area contributed by atoms with Crippen LogP contribution in [0.1, 0.15) is 70.5 Å². The molecule has 1 heterocycles. The van der Waals surface area contributed by atoms with Crippen LogP contribution >= 0.6 is 0 Å². The molecule has 0 bridgehead atoms. The van der Waals surface area contributed by atoms with Gasteiger partial charge in [-0.3, -0.25) is 14.5 Å². The second-order valence-corrected chi connectivity index (χ2v) is 7.29. The molecule has 148 valence electrons. The fourth-order valence-electron chi connectivity index (χ4n) is 3.69. The first-order valence-electron chi connectivity index (χ1n) is 9.89. The van der Waals surface area contributed by atoms with Crippen molar-refractivity contribution in [2.45, 2.75) is 71.4 Å². The van der Waals surface area contributed by atoms with Crippen molar-refractivity contribution in [1.82, 2.24) is 15.5 Å². The Hall–Kier alpha value is -2.37. The molecule has 6 heteroatoms. The van der Waals surface area contributed by atoms with E-state index >= 15 is 0 Å². The Labute approximate surface area is 161 Å². The number of benzene rings is 1. The van der Waals surface area contributed by atoms with Gasteiger partial charge in [0.2, 0.25) is 5.91 Å². The minimum Gasteiger partial charge on any atom is -0.348 e. The number of nitrogens with one attached hydrogen (secondary N) is 2. The highest BCUT2D eigenvalue weighted by Crippen LogP contribution is 2.28. The van der Waals surface area contributed by atoms with E-state index in [4.69, 9.17) is 0 Å². The summed E-state index contributed by atoms with van der Waals surface area (Å²) < 4.78 is 0. The molecule has 1 aliphatic heterocycles. The molecule has 4 amide bonds. The molecule has 1 aromatic carbocycles. The van der Waals surface area contributed by atoms with Gasteiger partial charge < -0.3 is 10.6 Å². The van der Waals surface area contributed by atoms with Crippen LogP contribution in [-0.4, -0.2) is 34.8 Å². The standard InChI is InChI=1S/C21H31N3O3/c1-5-12-21(13-6-2)19(26)24(20(27)23-21)14-18(25)22-15(4)17-10-8-16(7-3)9-11-17/h8-11,15H,5-7,12-14H2,1-4H3,(H,22,25)(H,23,27). The van der Waals surface area contributed by atoms with Crippen molar-refractivity contribution in [3.8, 4) is 0 Å². The van der Waals surface area contributed by atoms with E-state index in [0.717, 1.165) is 29.7 Å². The third kappa shape index (κ3) is 4.67. The minimum absolute atomic E-state index is 0.194. The number of nitrogens with zero attached hydrogens (tertiary/aromatic N) is 1. The molecule has 0 radical (unpaired) electrons. The van der Waals surface area contributed by atoms with Gasteiger partial charge in [0.05, 0.1) is 6.04 Å². The fourth-order valence-corrected chi connectivity index (χ4v) is 3.69. The van der Waals surface area contributed by atoms with Crippen LogP contribution in [-0.2, 0) is 16.0 Å². The Kier molecular flexibility index (Phi) is 6.99. The Balaban J connectivity index is 2.01. The molecule has 0 spiro atoms. The highest BCUT2D eigenvalue weighted by Gasteiger charge is 2.50. The van der Waals surface area contributed by atoms with Gasteiger partial charge in [-0.2, -0.15) is 0 Å². The molecule has 0 saturated carbocycles. The molecule has 1 atom stereocenters. The summed E-state index contributed by atoms with van der Waals surface area (Å²) in [5.41, 5.74) is 1.37. The molecule has 1 aliphatic rings. The lowest BCUT2D eigenvalue weighted by Gasteiger charge is -2.25. The van der Waals surface area contributed by atoms with Gasteiger partial charge in [-0.05, 0) is 37.3 Å².